The molecular weight excluding hydrogens is 255 g/mol. The fraction of sp³-hybridized carbons (Fsp3) is 0.143. The van der Waals surface area contributed by atoms with Crippen molar-refractivity contribution in [1.82, 2.24) is 0 Å². The summed E-state index contributed by atoms with van der Waals surface area (Å²) in [6.07, 6.45) is 0. The minimum atomic E-state index is -0.445. The van der Waals surface area contributed by atoms with E-state index in [1.807, 2.05) is 6.07 Å². The minimum absolute atomic E-state index is 0.136. The molecule has 0 saturated heterocycles. The summed E-state index contributed by atoms with van der Waals surface area (Å²) in [6, 6.07) is 11.7. The summed E-state index contributed by atoms with van der Waals surface area (Å²) in [4.78, 5) is 0. The minimum Gasteiger partial charge on any atom is -0.493 e. The van der Waals surface area contributed by atoms with Gasteiger partial charge in [0.05, 0.1) is 13.0 Å². The van der Waals surface area contributed by atoms with Gasteiger partial charge in [0.2, 0.25) is 0 Å². The lowest BCUT2D eigenvalue weighted by molar-refractivity contribution is 0.369. The zero-order chi connectivity index (χ0) is 13.0. The maximum atomic E-state index is 13.7. The van der Waals surface area contributed by atoms with Crippen LogP contribution in [0, 0.1) is 5.82 Å². The van der Waals surface area contributed by atoms with Crippen LogP contribution >= 0.6 is 11.6 Å². The van der Waals surface area contributed by atoms with Gasteiger partial charge in [0, 0.05) is 5.56 Å². The Morgan fingerprint density at radius 2 is 1.78 bits per heavy atom. The maximum Gasteiger partial charge on any atom is 0.169 e. The number of para-hydroxylation sites is 3. The van der Waals surface area contributed by atoms with E-state index in [0.717, 1.165) is 0 Å². The van der Waals surface area contributed by atoms with Gasteiger partial charge in [0.15, 0.2) is 23.1 Å². The van der Waals surface area contributed by atoms with E-state index < -0.39 is 5.82 Å². The zero-order valence-electron chi connectivity index (χ0n) is 9.82. The van der Waals surface area contributed by atoms with Crippen LogP contribution in [0.25, 0.3) is 0 Å². The molecule has 0 fully saturated rings. The molecule has 0 aromatic heterocycles. The predicted octanol–water partition coefficient (Wildman–Crippen LogP) is 4.37. The van der Waals surface area contributed by atoms with Gasteiger partial charge in [-0.05, 0) is 18.2 Å². The molecule has 2 aromatic rings. The zero-order valence-corrected chi connectivity index (χ0v) is 10.6. The Morgan fingerprint density at radius 1 is 1.06 bits per heavy atom. The van der Waals surface area contributed by atoms with Crippen molar-refractivity contribution in [2.75, 3.05) is 7.11 Å². The van der Waals surface area contributed by atoms with E-state index >= 15 is 0 Å². The van der Waals surface area contributed by atoms with Gasteiger partial charge >= 0.3 is 0 Å². The molecule has 0 radical (unpaired) electrons. The molecule has 0 aliphatic rings. The molecule has 2 aromatic carbocycles. The third-order valence-electron chi connectivity index (χ3n) is 2.47. The molecule has 4 heteroatoms. The number of halogens is 2. The van der Waals surface area contributed by atoms with Crippen LogP contribution in [0.15, 0.2) is 42.5 Å². The van der Waals surface area contributed by atoms with E-state index in [9.17, 15) is 4.39 Å². The van der Waals surface area contributed by atoms with Crippen molar-refractivity contribution >= 4 is 11.6 Å². The fourth-order valence-corrected chi connectivity index (χ4v) is 1.80. The average molecular weight is 267 g/mol. The highest BCUT2D eigenvalue weighted by Gasteiger charge is 2.12. The number of hydrogen-bond donors (Lipinski definition) is 0. The number of benzene rings is 2. The van der Waals surface area contributed by atoms with E-state index in [4.69, 9.17) is 21.1 Å². The standard InChI is InChI=1S/C14H12ClFO2/c1-17-12-7-2-3-8-13(12)18-14-10(9-15)5-4-6-11(14)16/h2-8H,9H2,1H3. The van der Waals surface area contributed by atoms with Crippen LogP contribution in [0.2, 0.25) is 0 Å². The molecule has 0 spiro atoms. The number of hydrogen-bond acceptors (Lipinski definition) is 2. The number of alkyl halides is 1. The molecule has 2 rings (SSSR count). The first-order chi connectivity index (χ1) is 8.76. The van der Waals surface area contributed by atoms with Crippen LogP contribution in [-0.4, -0.2) is 7.11 Å². The lowest BCUT2D eigenvalue weighted by atomic mass is 10.2. The Morgan fingerprint density at radius 3 is 2.44 bits per heavy atom. The molecule has 0 aliphatic carbocycles. The first kappa shape index (κ1) is 12.7. The summed E-state index contributed by atoms with van der Waals surface area (Å²) in [7, 11) is 1.53. The smallest absolute Gasteiger partial charge is 0.169 e. The molecule has 0 saturated carbocycles. The van der Waals surface area contributed by atoms with Crippen molar-refractivity contribution in [3.8, 4) is 17.2 Å². The van der Waals surface area contributed by atoms with Crippen LogP contribution in [0.4, 0.5) is 4.39 Å². The highest BCUT2D eigenvalue weighted by molar-refractivity contribution is 6.17. The Labute approximate surface area is 110 Å². The summed E-state index contributed by atoms with van der Waals surface area (Å²) in [5.41, 5.74) is 0.600. The maximum absolute atomic E-state index is 13.7. The third kappa shape index (κ3) is 2.57. The second-order valence-electron chi connectivity index (χ2n) is 3.61. The van der Waals surface area contributed by atoms with E-state index in [1.165, 1.54) is 13.2 Å². The molecule has 0 aliphatic heterocycles. The average Bonchev–Trinajstić information content (AvgIpc) is 2.41. The molecule has 0 atom stereocenters. The number of methoxy groups -OCH3 is 1. The lowest BCUT2D eigenvalue weighted by Crippen LogP contribution is -1.95. The molecule has 0 unspecified atom stereocenters. The summed E-state index contributed by atoms with van der Waals surface area (Å²) < 4.78 is 24.5. The van der Waals surface area contributed by atoms with Gasteiger partial charge in [0.1, 0.15) is 0 Å². The molecule has 94 valence electrons. The predicted molar refractivity (Wildman–Crippen MR) is 69.0 cm³/mol. The quantitative estimate of drug-likeness (QED) is 0.765. The molecule has 0 N–H and O–H groups in total. The van der Waals surface area contributed by atoms with Crippen molar-refractivity contribution in [1.29, 1.82) is 0 Å². The Balaban J connectivity index is 2.39. The Kier molecular flexibility index (Phi) is 4.05. The fourth-order valence-electron chi connectivity index (χ4n) is 1.59. The van der Waals surface area contributed by atoms with E-state index in [0.29, 0.717) is 17.1 Å². The van der Waals surface area contributed by atoms with Crippen molar-refractivity contribution in [3.05, 3.63) is 53.8 Å². The Hall–Kier alpha value is -1.74. The SMILES string of the molecule is COc1ccccc1Oc1c(F)cccc1CCl. The molecular formula is C14H12ClFO2. The van der Waals surface area contributed by atoms with Crippen LogP contribution in [0.1, 0.15) is 5.56 Å². The van der Waals surface area contributed by atoms with Gasteiger partial charge in [-0.25, -0.2) is 4.39 Å². The van der Waals surface area contributed by atoms with Crippen LogP contribution in [0.5, 0.6) is 17.2 Å². The van der Waals surface area contributed by atoms with Crippen LogP contribution < -0.4 is 9.47 Å². The topological polar surface area (TPSA) is 18.5 Å². The molecule has 0 amide bonds. The van der Waals surface area contributed by atoms with Gasteiger partial charge in [-0.2, -0.15) is 0 Å². The van der Waals surface area contributed by atoms with Crippen molar-refractivity contribution in [2.45, 2.75) is 5.88 Å². The first-order valence-corrected chi connectivity index (χ1v) is 5.94. The van der Waals surface area contributed by atoms with Gasteiger partial charge in [0.25, 0.3) is 0 Å². The van der Waals surface area contributed by atoms with E-state index in [2.05, 4.69) is 0 Å². The van der Waals surface area contributed by atoms with Crippen molar-refractivity contribution in [3.63, 3.8) is 0 Å². The van der Waals surface area contributed by atoms with Crippen LogP contribution in [0.3, 0.4) is 0 Å². The van der Waals surface area contributed by atoms with Crippen molar-refractivity contribution < 1.29 is 13.9 Å². The second-order valence-corrected chi connectivity index (χ2v) is 3.88. The highest BCUT2D eigenvalue weighted by Crippen LogP contribution is 2.34. The third-order valence-corrected chi connectivity index (χ3v) is 2.76. The Bertz CT molecular complexity index is 543. The molecule has 0 bridgehead atoms. The monoisotopic (exact) mass is 266 g/mol. The van der Waals surface area contributed by atoms with Crippen molar-refractivity contribution in [2.24, 2.45) is 0 Å². The van der Waals surface area contributed by atoms with Gasteiger partial charge in [-0.15, -0.1) is 11.6 Å². The van der Waals surface area contributed by atoms with E-state index in [-0.39, 0.29) is 11.6 Å². The number of ether oxygens (including phenoxy) is 2. The largest absolute Gasteiger partial charge is 0.493 e. The lowest BCUT2D eigenvalue weighted by Gasteiger charge is -2.13. The first-order valence-electron chi connectivity index (χ1n) is 5.40. The van der Waals surface area contributed by atoms with Gasteiger partial charge in [-0.1, -0.05) is 24.3 Å². The summed E-state index contributed by atoms with van der Waals surface area (Å²) >= 11 is 5.77. The summed E-state index contributed by atoms with van der Waals surface area (Å²) in [5.74, 6) is 0.871. The highest BCUT2D eigenvalue weighted by atomic mass is 35.5. The van der Waals surface area contributed by atoms with Crippen LogP contribution in [-0.2, 0) is 5.88 Å². The second kappa shape index (κ2) is 5.74. The number of rotatable bonds is 4. The van der Waals surface area contributed by atoms with Gasteiger partial charge < -0.3 is 9.47 Å². The summed E-state index contributed by atoms with van der Waals surface area (Å²) in [5, 5.41) is 0. The normalized spacial score (nSPS) is 10.2. The molecule has 18 heavy (non-hydrogen) atoms. The molecule has 2 nitrogen and oxygen atoms in total. The van der Waals surface area contributed by atoms with E-state index in [1.54, 1.807) is 30.3 Å². The molecule has 0 heterocycles. The van der Waals surface area contributed by atoms with Gasteiger partial charge in [-0.3, -0.25) is 0 Å². The summed E-state index contributed by atoms with van der Waals surface area (Å²) in [6.45, 7) is 0.